The van der Waals surface area contributed by atoms with Gasteiger partial charge in [0.25, 0.3) is 0 Å². The Bertz CT molecular complexity index is 889. The molecule has 5 heteroatoms. The zero-order chi connectivity index (χ0) is 17.9. The minimum absolute atomic E-state index is 0.455. The Labute approximate surface area is 154 Å². The van der Waals surface area contributed by atoms with Gasteiger partial charge in [-0.15, -0.1) is 0 Å². The van der Waals surface area contributed by atoms with Crippen LogP contribution < -0.4 is 4.74 Å². The van der Waals surface area contributed by atoms with Gasteiger partial charge in [0.1, 0.15) is 5.75 Å². The van der Waals surface area contributed by atoms with Crippen LogP contribution in [-0.2, 0) is 13.6 Å². The molecular formula is C21H26N4O. The summed E-state index contributed by atoms with van der Waals surface area (Å²) in [5.74, 6) is 1.46. The summed E-state index contributed by atoms with van der Waals surface area (Å²) in [5.41, 5.74) is 3.43. The summed E-state index contributed by atoms with van der Waals surface area (Å²) >= 11 is 0. The van der Waals surface area contributed by atoms with Gasteiger partial charge in [-0.1, -0.05) is 18.2 Å². The number of likely N-dealkylation sites (tertiary alicyclic amines) is 1. The Morgan fingerprint density at radius 1 is 1.19 bits per heavy atom. The number of piperidine rings is 1. The molecule has 136 valence electrons. The minimum atomic E-state index is 0.455. The molecule has 0 N–H and O–H groups in total. The highest BCUT2D eigenvalue weighted by molar-refractivity contribution is 5.78. The Morgan fingerprint density at radius 2 is 2.08 bits per heavy atom. The number of fused-ring (bicyclic) bond motifs is 1. The molecule has 1 atom stereocenters. The Kier molecular flexibility index (Phi) is 4.89. The summed E-state index contributed by atoms with van der Waals surface area (Å²) < 4.78 is 7.71. The molecule has 2 aromatic heterocycles. The van der Waals surface area contributed by atoms with Crippen molar-refractivity contribution >= 4 is 11.0 Å². The van der Waals surface area contributed by atoms with Crippen LogP contribution in [0.15, 0.2) is 42.6 Å². The van der Waals surface area contributed by atoms with E-state index in [2.05, 4.69) is 34.1 Å². The number of hydrogen-bond acceptors (Lipinski definition) is 4. The predicted octanol–water partition coefficient (Wildman–Crippen LogP) is 3.75. The van der Waals surface area contributed by atoms with E-state index in [0.29, 0.717) is 12.5 Å². The predicted molar refractivity (Wildman–Crippen MR) is 103 cm³/mol. The van der Waals surface area contributed by atoms with Gasteiger partial charge in [0.05, 0.1) is 12.3 Å². The highest BCUT2D eigenvalue weighted by Crippen LogP contribution is 2.32. The van der Waals surface area contributed by atoms with Crippen molar-refractivity contribution in [3.63, 3.8) is 0 Å². The monoisotopic (exact) mass is 350 g/mol. The zero-order valence-electron chi connectivity index (χ0n) is 15.6. The first-order chi connectivity index (χ1) is 12.8. The van der Waals surface area contributed by atoms with Crippen molar-refractivity contribution < 1.29 is 4.74 Å². The number of aryl methyl sites for hydroxylation is 1. The van der Waals surface area contributed by atoms with Crippen LogP contribution in [0.25, 0.3) is 11.0 Å². The van der Waals surface area contributed by atoms with Gasteiger partial charge in [0.2, 0.25) is 0 Å². The lowest BCUT2D eigenvalue weighted by Gasteiger charge is -2.32. The Morgan fingerprint density at radius 3 is 2.96 bits per heavy atom. The number of nitrogens with zero attached hydrogens (tertiary/aromatic N) is 4. The van der Waals surface area contributed by atoms with Crippen LogP contribution in [0.1, 0.15) is 36.9 Å². The molecule has 3 aromatic rings. The second-order valence-electron chi connectivity index (χ2n) is 7.00. The number of aromatic nitrogens is 3. The zero-order valence-corrected chi connectivity index (χ0v) is 15.6. The molecule has 3 heterocycles. The second-order valence-corrected chi connectivity index (χ2v) is 7.00. The van der Waals surface area contributed by atoms with Crippen LogP contribution >= 0.6 is 0 Å². The summed E-state index contributed by atoms with van der Waals surface area (Å²) in [7, 11) is 1.98. The van der Waals surface area contributed by atoms with Crippen molar-refractivity contribution in [3.8, 4) is 5.75 Å². The standard InChI is InChI=1S/C21H26N4O/c1-3-26-19-11-5-4-8-16(19)14-25-13-7-9-17(15-25)20-18-10-6-12-22-21(18)24(2)23-20/h4-6,8,10-12,17H,3,7,9,13-15H2,1-2H3. The van der Waals surface area contributed by atoms with Gasteiger partial charge >= 0.3 is 0 Å². The molecule has 1 aliphatic heterocycles. The van der Waals surface area contributed by atoms with Gasteiger partial charge in [-0.25, -0.2) is 4.98 Å². The molecule has 1 saturated heterocycles. The van der Waals surface area contributed by atoms with Crippen LogP contribution in [0.2, 0.25) is 0 Å². The molecule has 1 aliphatic rings. The van der Waals surface area contributed by atoms with E-state index < -0.39 is 0 Å². The molecule has 5 nitrogen and oxygen atoms in total. The molecule has 0 bridgehead atoms. The van der Waals surface area contributed by atoms with Crippen LogP contribution in [0.5, 0.6) is 5.75 Å². The van der Waals surface area contributed by atoms with Crippen molar-refractivity contribution in [2.45, 2.75) is 32.2 Å². The number of rotatable bonds is 5. The average Bonchev–Trinajstić information content (AvgIpc) is 3.01. The Balaban J connectivity index is 1.55. The number of benzene rings is 1. The van der Waals surface area contributed by atoms with Crippen molar-refractivity contribution in [3.05, 3.63) is 53.9 Å². The van der Waals surface area contributed by atoms with E-state index in [1.54, 1.807) is 0 Å². The average molecular weight is 350 g/mol. The van der Waals surface area contributed by atoms with E-state index in [1.165, 1.54) is 29.5 Å². The molecule has 0 amide bonds. The number of para-hydroxylation sites is 1. The van der Waals surface area contributed by atoms with Gasteiger partial charge < -0.3 is 4.74 Å². The maximum Gasteiger partial charge on any atom is 0.157 e. The van der Waals surface area contributed by atoms with Crippen molar-refractivity contribution in [1.29, 1.82) is 0 Å². The normalized spacial score (nSPS) is 18.3. The van der Waals surface area contributed by atoms with Gasteiger partial charge in [0.15, 0.2) is 5.65 Å². The SMILES string of the molecule is CCOc1ccccc1CN1CCCC(c2nn(C)c3ncccc23)C1. The van der Waals surface area contributed by atoms with Crippen LogP contribution in [-0.4, -0.2) is 39.4 Å². The maximum atomic E-state index is 5.80. The fourth-order valence-corrected chi connectivity index (χ4v) is 4.01. The van der Waals surface area contributed by atoms with Gasteiger partial charge in [-0.3, -0.25) is 9.58 Å². The molecular weight excluding hydrogens is 324 g/mol. The fraction of sp³-hybridized carbons (Fsp3) is 0.429. The first-order valence-corrected chi connectivity index (χ1v) is 9.47. The summed E-state index contributed by atoms with van der Waals surface area (Å²) in [6.07, 6.45) is 4.22. The summed E-state index contributed by atoms with van der Waals surface area (Å²) in [4.78, 5) is 7.02. The second kappa shape index (κ2) is 7.46. The van der Waals surface area contributed by atoms with Gasteiger partial charge in [-0.05, 0) is 44.5 Å². The maximum absolute atomic E-state index is 5.80. The molecule has 0 saturated carbocycles. The summed E-state index contributed by atoms with van der Waals surface area (Å²) in [6.45, 7) is 5.82. The highest BCUT2D eigenvalue weighted by atomic mass is 16.5. The van der Waals surface area contributed by atoms with Gasteiger partial charge in [-0.2, -0.15) is 5.10 Å². The minimum Gasteiger partial charge on any atom is -0.494 e. The molecule has 0 aliphatic carbocycles. The number of pyridine rings is 1. The Hall–Kier alpha value is -2.40. The largest absolute Gasteiger partial charge is 0.494 e. The highest BCUT2D eigenvalue weighted by Gasteiger charge is 2.26. The third-order valence-electron chi connectivity index (χ3n) is 5.19. The molecule has 0 spiro atoms. The van der Waals surface area contributed by atoms with E-state index >= 15 is 0 Å². The first-order valence-electron chi connectivity index (χ1n) is 9.47. The third-order valence-corrected chi connectivity index (χ3v) is 5.19. The molecule has 26 heavy (non-hydrogen) atoms. The topological polar surface area (TPSA) is 43.2 Å². The van der Waals surface area contributed by atoms with E-state index in [-0.39, 0.29) is 0 Å². The van der Waals surface area contributed by atoms with Crippen LogP contribution in [0.4, 0.5) is 0 Å². The molecule has 0 radical (unpaired) electrons. The van der Waals surface area contributed by atoms with Gasteiger partial charge in [0, 0.05) is 43.2 Å². The van der Waals surface area contributed by atoms with E-state index in [9.17, 15) is 0 Å². The van der Waals surface area contributed by atoms with Crippen molar-refractivity contribution in [2.75, 3.05) is 19.7 Å². The molecule has 1 aromatic carbocycles. The molecule has 1 fully saturated rings. The number of hydrogen-bond donors (Lipinski definition) is 0. The lowest BCUT2D eigenvalue weighted by molar-refractivity contribution is 0.195. The smallest absolute Gasteiger partial charge is 0.157 e. The van der Waals surface area contributed by atoms with E-state index in [4.69, 9.17) is 9.84 Å². The molecule has 1 unspecified atom stereocenters. The van der Waals surface area contributed by atoms with Crippen LogP contribution in [0, 0.1) is 0 Å². The lowest BCUT2D eigenvalue weighted by atomic mass is 9.93. The molecule has 4 rings (SSSR count). The lowest BCUT2D eigenvalue weighted by Crippen LogP contribution is -2.34. The van der Waals surface area contributed by atoms with Crippen LogP contribution in [0.3, 0.4) is 0 Å². The number of ether oxygens (including phenoxy) is 1. The first kappa shape index (κ1) is 17.0. The summed E-state index contributed by atoms with van der Waals surface area (Å²) in [6, 6.07) is 12.5. The fourth-order valence-electron chi connectivity index (χ4n) is 4.01. The van der Waals surface area contributed by atoms with E-state index in [0.717, 1.165) is 31.0 Å². The van der Waals surface area contributed by atoms with Crippen molar-refractivity contribution in [1.82, 2.24) is 19.7 Å². The summed E-state index contributed by atoms with van der Waals surface area (Å²) in [5, 5.41) is 6.00. The van der Waals surface area contributed by atoms with E-state index in [1.807, 2.05) is 37.0 Å². The van der Waals surface area contributed by atoms with Crippen molar-refractivity contribution in [2.24, 2.45) is 7.05 Å². The quantitative estimate of drug-likeness (QED) is 0.703. The third kappa shape index (κ3) is 3.31.